The van der Waals surface area contributed by atoms with Crippen LogP contribution in [-0.2, 0) is 0 Å². The molecule has 0 radical (unpaired) electrons. The molecule has 0 bridgehead atoms. The van der Waals surface area contributed by atoms with Gasteiger partial charge in [-0.25, -0.2) is 9.38 Å². The number of rotatable bonds is 9. The van der Waals surface area contributed by atoms with E-state index in [4.69, 9.17) is 4.74 Å². The van der Waals surface area contributed by atoms with Crippen molar-refractivity contribution in [2.45, 2.75) is 26.9 Å². The lowest BCUT2D eigenvalue weighted by atomic mass is 10.3. The summed E-state index contributed by atoms with van der Waals surface area (Å²) in [6.45, 7) is 15.1. The second-order valence-electron chi connectivity index (χ2n) is 6.81. The normalized spacial score (nSPS) is 17.6. The van der Waals surface area contributed by atoms with Gasteiger partial charge >= 0.3 is 0 Å². The molecule has 1 saturated heterocycles. The van der Waals surface area contributed by atoms with Gasteiger partial charge < -0.3 is 20.3 Å². The zero-order valence-electron chi connectivity index (χ0n) is 16.9. The van der Waals surface area contributed by atoms with Crippen molar-refractivity contribution < 1.29 is 9.13 Å². The first-order valence-corrected chi connectivity index (χ1v) is 9.99. The third kappa shape index (κ3) is 8.13. The molecule has 2 rings (SSSR count). The molecule has 1 heterocycles. The molecule has 1 unspecified atom stereocenters. The van der Waals surface area contributed by atoms with Crippen LogP contribution in [0.15, 0.2) is 29.3 Å². The highest BCUT2D eigenvalue weighted by atomic mass is 19.1. The zero-order chi connectivity index (χ0) is 19.5. The van der Waals surface area contributed by atoms with Crippen LogP contribution in [0.25, 0.3) is 0 Å². The Morgan fingerprint density at radius 3 is 2.59 bits per heavy atom. The van der Waals surface area contributed by atoms with Crippen molar-refractivity contribution in [3.05, 3.63) is 30.1 Å². The van der Waals surface area contributed by atoms with Gasteiger partial charge in [-0.15, -0.1) is 0 Å². The highest BCUT2D eigenvalue weighted by Crippen LogP contribution is 2.13. The number of piperazine rings is 1. The lowest BCUT2D eigenvalue weighted by molar-refractivity contribution is 0.139. The molecule has 1 fully saturated rings. The average Bonchev–Trinajstić information content (AvgIpc) is 2.66. The second-order valence-corrected chi connectivity index (χ2v) is 6.81. The fraction of sp³-hybridized carbons (Fsp3) is 0.650. The Bertz CT molecular complexity index is 575. The molecule has 0 saturated carbocycles. The molecule has 27 heavy (non-hydrogen) atoms. The Kier molecular flexibility index (Phi) is 9.35. The van der Waals surface area contributed by atoms with E-state index in [-0.39, 0.29) is 11.9 Å². The largest absolute Gasteiger partial charge is 0.489 e. The Hall–Kier alpha value is -1.86. The standard InChI is InChI=1S/C20H34FN5O/c1-4-22-20(23-9-10-26-13-11-25(5-2)12-14-26)24-16-17(3)27-19-8-6-7-18(21)15-19/h6-8,15,17H,4-5,9-14,16H2,1-3H3,(H2,22,23,24). The molecule has 0 aliphatic carbocycles. The minimum atomic E-state index is -0.294. The van der Waals surface area contributed by atoms with Crippen LogP contribution in [0.5, 0.6) is 5.75 Å². The van der Waals surface area contributed by atoms with E-state index in [1.807, 2.05) is 13.8 Å². The van der Waals surface area contributed by atoms with Crippen LogP contribution < -0.4 is 15.4 Å². The van der Waals surface area contributed by atoms with Gasteiger partial charge in [0.2, 0.25) is 0 Å². The number of guanidine groups is 1. The minimum absolute atomic E-state index is 0.135. The van der Waals surface area contributed by atoms with E-state index in [2.05, 4.69) is 32.3 Å². The van der Waals surface area contributed by atoms with Crippen LogP contribution in [0.4, 0.5) is 4.39 Å². The van der Waals surface area contributed by atoms with Gasteiger partial charge in [0.1, 0.15) is 17.7 Å². The van der Waals surface area contributed by atoms with E-state index in [9.17, 15) is 4.39 Å². The number of likely N-dealkylation sites (N-methyl/N-ethyl adjacent to an activating group) is 1. The van der Waals surface area contributed by atoms with E-state index in [1.165, 1.54) is 12.1 Å². The van der Waals surface area contributed by atoms with Crippen molar-refractivity contribution in [1.29, 1.82) is 0 Å². The lowest BCUT2D eigenvalue weighted by Gasteiger charge is -2.34. The topological polar surface area (TPSA) is 52.1 Å². The van der Waals surface area contributed by atoms with E-state index in [1.54, 1.807) is 12.1 Å². The molecule has 0 spiro atoms. The number of aliphatic imine (C=N–C) groups is 1. The third-order valence-corrected chi connectivity index (χ3v) is 4.62. The highest BCUT2D eigenvalue weighted by molar-refractivity contribution is 5.79. The van der Waals surface area contributed by atoms with Crippen LogP contribution in [0.2, 0.25) is 0 Å². The highest BCUT2D eigenvalue weighted by Gasteiger charge is 2.14. The smallest absolute Gasteiger partial charge is 0.191 e. The van der Waals surface area contributed by atoms with E-state index >= 15 is 0 Å². The lowest BCUT2D eigenvalue weighted by Crippen LogP contribution is -2.49. The summed E-state index contributed by atoms with van der Waals surface area (Å²) in [6, 6.07) is 6.20. The number of nitrogens with one attached hydrogen (secondary N) is 2. The molecule has 0 aromatic heterocycles. The third-order valence-electron chi connectivity index (χ3n) is 4.62. The van der Waals surface area contributed by atoms with Crippen molar-refractivity contribution in [3.63, 3.8) is 0 Å². The van der Waals surface area contributed by atoms with Gasteiger partial charge in [0.15, 0.2) is 5.96 Å². The van der Waals surface area contributed by atoms with E-state index in [0.29, 0.717) is 12.3 Å². The first-order valence-electron chi connectivity index (χ1n) is 9.99. The molecule has 1 aliphatic rings. The first-order chi connectivity index (χ1) is 13.1. The predicted octanol–water partition coefficient (Wildman–Crippen LogP) is 1.79. The molecule has 1 aromatic rings. The van der Waals surface area contributed by atoms with Gasteiger partial charge in [0, 0.05) is 51.9 Å². The van der Waals surface area contributed by atoms with Crippen LogP contribution >= 0.6 is 0 Å². The SMILES string of the molecule is CCNC(=NCC(C)Oc1cccc(F)c1)NCCN1CCN(CC)CC1. The quantitative estimate of drug-likeness (QED) is 0.506. The van der Waals surface area contributed by atoms with E-state index in [0.717, 1.165) is 58.3 Å². The Morgan fingerprint density at radius 2 is 1.93 bits per heavy atom. The van der Waals surface area contributed by atoms with Crippen molar-refractivity contribution in [3.8, 4) is 5.75 Å². The number of benzene rings is 1. The van der Waals surface area contributed by atoms with Crippen LogP contribution in [0.3, 0.4) is 0 Å². The molecule has 152 valence electrons. The first kappa shape index (κ1) is 21.4. The van der Waals surface area contributed by atoms with Crippen LogP contribution in [0, 0.1) is 5.82 Å². The van der Waals surface area contributed by atoms with Crippen molar-refractivity contribution in [2.24, 2.45) is 4.99 Å². The zero-order valence-corrected chi connectivity index (χ0v) is 16.9. The maximum atomic E-state index is 13.2. The molecule has 6 nitrogen and oxygen atoms in total. The molecule has 0 amide bonds. The van der Waals surface area contributed by atoms with Crippen LogP contribution in [0.1, 0.15) is 20.8 Å². The summed E-state index contributed by atoms with van der Waals surface area (Å²) in [5, 5.41) is 6.65. The Morgan fingerprint density at radius 1 is 1.19 bits per heavy atom. The number of ether oxygens (including phenoxy) is 1. The average molecular weight is 380 g/mol. The molecule has 7 heteroatoms. The minimum Gasteiger partial charge on any atom is -0.489 e. The van der Waals surface area contributed by atoms with Gasteiger partial charge in [-0.3, -0.25) is 4.90 Å². The summed E-state index contributed by atoms with van der Waals surface area (Å²) in [5.74, 6) is 1.03. The molecule has 1 aliphatic heterocycles. The van der Waals surface area contributed by atoms with E-state index < -0.39 is 0 Å². The van der Waals surface area contributed by atoms with Crippen molar-refractivity contribution in [2.75, 3.05) is 58.9 Å². The van der Waals surface area contributed by atoms with Gasteiger partial charge in [0.05, 0.1) is 6.54 Å². The van der Waals surface area contributed by atoms with Gasteiger partial charge in [0.25, 0.3) is 0 Å². The molecule has 2 N–H and O–H groups in total. The Balaban J connectivity index is 1.73. The number of nitrogens with zero attached hydrogens (tertiary/aromatic N) is 3. The number of halogens is 1. The van der Waals surface area contributed by atoms with Gasteiger partial charge in [-0.05, 0) is 32.5 Å². The summed E-state index contributed by atoms with van der Waals surface area (Å²) in [6.07, 6.45) is -0.135. The maximum absolute atomic E-state index is 13.2. The van der Waals surface area contributed by atoms with Gasteiger partial charge in [-0.2, -0.15) is 0 Å². The fourth-order valence-electron chi connectivity index (χ4n) is 3.03. The summed E-state index contributed by atoms with van der Waals surface area (Å²) >= 11 is 0. The number of hydrogen-bond donors (Lipinski definition) is 2. The fourth-order valence-corrected chi connectivity index (χ4v) is 3.03. The van der Waals surface area contributed by atoms with Crippen molar-refractivity contribution in [1.82, 2.24) is 20.4 Å². The number of hydrogen-bond acceptors (Lipinski definition) is 4. The van der Waals surface area contributed by atoms with Crippen molar-refractivity contribution >= 4 is 5.96 Å². The second kappa shape index (κ2) is 11.8. The predicted molar refractivity (Wildman–Crippen MR) is 109 cm³/mol. The monoisotopic (exact) mass is 379 g/mol. The molecule has 1 aromatic carbocycles. The van der Waals surface area contributed by atoms with Crippen LogP contribution in [-0.4, -0.2) is 80.8 Å². The molecular weight excluding hydrogens is 345 g/mol. The molecule has 1 atom stereocenters. The summed E-state index contributed by atoms with van der Waals surface area (Å²) in [7, 11) is 0. The summed E-state index contributed by atoms with van der Waals surface area (Å²) in [5.41, 5.74) is 0. The maximum Gasteiger partial charge on any atom is 0.191 e. The summed E-state index contributed by atoms with van der Waals surface area (Å²) < 4.78 is 19.0. The molecular formula is C20H34FN5O. The summed E-state index contributed by atoms with van der Waals surface area (Å²) in [4.78, 5) is 9.56. The van der Waals surface area contributed by atoms with Gasteiger partial charge in [-0.1, -0.05) is 13.0 Å². The Labute approximate surface area is 162 Å².